The number of hydrogen-bond acceptors (Lipinski definition) is 8. The highest BCUT2D eigenvalue weighted by Crippen LogP contribution is 2.27. The summed E-state index contributed by atoms with van der Waals surface area (Å²) in [4.78, 5) is 27.2. The Hall–Kier alpha value is -5.52. The van der Waals surface area contributed by atoms with E-state index in [1.807, 2.05) is 60.1 Å². The van der Waals surface area contributed by atoms with Gasteiger partial charge in [-0.25, -0.2) is 24.6 Å². The molecular formula is C48H68N12. The molecule has 0 aliphatic heterocycles. The van der Waals surface area contributed by atoms with Crippen LogP contribution >= 0.6 is 0 Å². The zero-order valence-electron chi connectivity index (χ0n) is 40.0. The van der Waals surface area contributed by atoms with E-state index in [2.05, 4.69) is 161 Å². The van der Waals surface area contributed by atoms with Crippen LogP contribution in [0.2, 0.25) is 0 Å². The van der Waals surface area contributed by atoms with Crippen LogP contribution < -0.4 is 0 Å². The van der Waals surface area contributed by atoms with Crippen LogP contribution in [0.5, 0.6) is 0 Å². The van der Waals surface area contributed by atoms with Crippen molar-refractivity contribution in [3.63, 3.8) is 0 Å². The third kappa shape index (κ3) is 9.27. The van der Waals surface area contributed by atoms with Crippen molar-refractivity contribution in [1.29, 1.82) is 0 Å². The van der Waals surface area contributed by atoms with Crippen LogP contribution in [0, 0.1) is 83.1 Å². The van der Waals surface area contributed by atoms with Crippen LogP contribution in [0.25, 0.3) is 44.1 Å². The van der Waals surface area contributed by atoms with E-state index < -0.39 is 0 Å². The van der Waals surface area contributed by atoms with Gasteiger partial charge in [0.25, 0.3) is 0 Å². The van der Waals surface area contributed by atoms with E-state index in [1.54, 1.807) is 0 Å². The molecule has 8 heterocycles. The van der Waals surface area contributed by atoms with Crippen molar-refractivity contribution in [3.05, 3.63) is 92.6 Å². The second-order valence-electron chi connectivity index (χ2n) is 17.5. The summed E-state index contributed by atoms with van der Waals surface area (Å²) in [5.41, 5.74) is 17.4. The molecule has 0 aliphatic carbocycles. The number of aromatic nitrogens is 12. The van der Waals surface area contributed by atoms with Crippen molar-refractivity contribution in [3.8, 4) is 0 Å². The lowest BCUT2D eigenvalue weighted by atomic mass is 10.1. The van der Waals surface area contributed by atoms with E-state index in [4.69, 9.17) is 0 Å². The predicted molar refractivity (Wildman–Crippen MR) is 248 cm³/mol. The van der Waals surface area contributed by atoms with Crippen molar-refractivity contribution < 1.29 is 0 Å². The average molecular weight is 813 g/mol. The lowest BCUT2D eigenvalue weighted by Crippen LogP contribution is -2.04. The largest absolute Gasteiger partial charge is 0.326 e. The second-order valence-corrected chi connectivity index (χ2v) is 17.5. The highest BCUT2D eigenvalue weighted by molar-refractivity contribution is 5.84. The lowest BCUT2D eigenvalue weighted by Gasteiger charge is -2.10. The van der Waals surface area contributed by atoms with E-state index in [0.29, 0.717) is 24.2 Å². The molecule has 0 amide bonds. The summed E-state index contributed by atoms with van der Waals surface area (Å²) < 4.78 is 8.53. The minimum Gasteiger partial charge on any atom is -0.326 e. The van der Waals surface area contributed by atoms with Gasteiger partial charge in [0, 0.05) is 63.4 Å². The molecule has 320 valence electrons. The number of nitrogens with zero attached hydrogens (tertiary/aromatic N) is 12. The normalized spacial score (nSPS) is 11.6. The first-order chi connectivity index (χ1) is 28.0. The molecule has 8 rings (SSSR count). The molecule has 12 nitrogen and oxygen atoms in total. The molecule has 0 unspecified atom stereocenters. The summed E-state index contributed by atoms with van der Waals surface area (Å²) >= 11 is 0. The highest BCUT2D eigenvalue weighted by atomic mass is 15.3. The summed E-state index contributed by atoms with van der Waals surface area (Å²) in [6.45, 7) is 41.8. The zero-order chi connectivity index (χ0) is 44.7. The Morgan fingerprint density at radius 3 is 1.38 bits per heavy atom. The maximum Gasteiger partial charge on any atom is 0.160 e. The summed E-state index contributed by atoms with van der Waals surface area (Å²) in [5.74, 6) is 2.11. The quantitative estimate of drug-likeness (QED) is 0.172. The molecule has 0 aliphatic rings. The van der Waals surface area contributed by atoms with Crippen LogP contribution in [-0.2, 0) is 0 Å². The fourth-order valence-electron chi connectivity index (χ4n) is 8.41. The van der Waals surface area contributed by atoms with Gasteiger partial charge in [-0.3, -0.25) is 14.6 Å². The minimum atomic E-state index is 0.356. The Bertz CT molecular complexity index is 2590. The highest BCUT2D eigenvalue weighted by Gasteiger charge is 2.16. The summed E-state index contributed by atoms with van der Waals surface area (Å²) in [7, 11) is 0. The maximum atomic E-state index is 4.58. The molecule has 0 saturated heterocycles. The second kappa shape index (κ2) is 18.0. The molecule has 12 heteroatoms. The Balaban J connectivity index is 0.000000152. The van der Waals surface area contributed by atoms with Crippen LogP contribution in [0.15, 0.2) is 24.3 Å². The van der Waals surface area contributed by atoms with E-state index in [-0.39, 0.29) is 0 Å². The standard InChI is InChI=1S/4C12H17N3/c1-7(2)15-10(5)14-12-9(4)13-8(3)6-11(12)15;1-7(2)15-11-6-8(3)13-9(4)12(11)10(5)14-15;1-7(2)15-10(5)14-11-8(3)6-9(4)13-12(11)15;1-7(2)15-12-11(10(5)14-15)8(3)6-9(4)13-12/h4*6-7H,1-5H3. The number of rotatable bonds is 4. The van der Waals surface area contributed by atoms with Gasteiger partial charge >= 0.3 is 0 Å². The molecule has 8 aromatic rings. The number of fused-ring (bicyclic) bond motifs is 4. The smallest absolute Gasteiger partial charge is 0.160 e. The van der Waals surface area contributed by atoms with Crippen LogP contribution in [-0.4, -0.2) is 58.6 Å². The maximum absolute atomic E-state index is 4.58. The summed E-state index contributed by atoms with van der Waals surface area (Å²) in [6.07, 6.45) is 0. The van der Waals surface area contributed by atoms with E-state index >= 15 is 0 Å². The van der Waals surface area contributed by atoms with Gasteiger partial charge in [0.15, 0.2) is 11.3 Å². The first kappa shape index (κ1) is 45.6. The third-order valence-electron chi connectivity index (χ3n) is 10.6. The number of imidazole rings is 2. The van der Waals surface area contributed by atoms with Gasteiger partial charge in [-0.15, -0.1) is 0 Å². The van der Waals surface area contributed by atoms with Gasteiger partial charge in [0.2, 0.25) is 0 Å². The van der Waals surface area contributed by atoms with E-state index in [0.717, 1.165) is 79.5 Å². The summed E-state index contributed by atoms with van der Waals surface area (Å²) in [6, 6.07) is 10.0. The third-order valence-corrected chi connectivity index (χ3v) is 10.6. The fraction of sp³-hybridized carbons (Fsp3) is 0.500. The van der Waals surface area contributed by atoms with Gasteiger partial charge in [-0.1, -0.05) is 0 Å². The lowest BCUT2D eigenvalue weighted by molar-refractivity contribution is 0.542. The molecule has 0 fully saturated rings. The molecule has 0 spiro atoms. The SMILES string of the molecule is Cc1cc(C)c2c(C)nn(C(C)C)c2n1.Cc1cc(C)c2nc(C)n(C(C)C)c2n1.Cc1cc2c(c(C)n1)c(C)nn2C(C)C.Cc1cc2c(nc(C)n2C(C)C)c(C)n1. The van der Waals surface area contributed by atoms with Gasteiger partial charge in [-0.05, 0) is 174 Å². The monoisotopic (exact) mass is 813 g/mol. The zero-order valence-corrected chi connectivity index (χ0v) is 40.0. The Labute approximate surface area is 356 Å². The van der Waals surface area contributed by atoms with Gasteiger partial charge < -0.3 is 9.13 Å². The molecule has 0 atom stereocenters. The van der Waals surface area contributed by atoms with Crippen molar-refractivity contribution >= 4 is 44.1 Å². The number of pyridine rings is 4. The number of aryl methyl sites for hydroxylation is 12. The average Bonchev–Trinajstić information content (AvgIpc) is 3.85. The Kier molecular flexibility index (Phi) is 13.7. The predicted octanol–water partition coefficient (Wildman–Crippen LogP) is 11.7. The minimum absolute atomic E-state index is 0.356. The van der Waals surface area contributed by atoms with E-state index in [1.165, 1.54) is 32.9 Å². The van der Waals surface area contributed by atoms with Crippen LogP contribution in [0.1, 0.15) is 148 Å². The topological polar surface area (TPSA) is 123 Å². The van der Waals surface area contributed by atoms with Crippen molar-refractivity contribution in [2.75, 3.05) is 0 Å². The molecule has 0 N–H and O–H groups in total. The van der Waals surface area contributed by atoms with Crippen molar-refractivity contribution in [1.82, 2.24) is 58.6 Å². The molecule has 60 heavy (non-hydrogen) atoms. The van der Waals surface area contributed by atoms with Gasteiger partial charge in [-0.2, -0.15) is 10.2 Å². The van der Waals surface area contributed by atoms with Gasteiger partial charge in [0.1, 0.15) is 22.7 Å². The van der Waals surface area contributed by atoms with Crippen LogP contribution in [0.3, 0.4) is 0 Å². The first-order valence-electron chi connectivity index (χ1n) is 21.3. The molecule has 0 saturated carbocycles. The van der Waals surface area contributed by atoms with Gasteiger partial charge in [0.05, 0.1) is 28.1 Å². The fourth-order valence-corrected chi connectivity index (χ4v) is 8.41. The molecule has 0 bridgehead atoms. The molecular weight excluding hydrogens is 745 g/mol. The molecule has 0 radical (unpaired) electrons. The Morgan fingerprint density at radius 1 is 0.367 bits per heavy atom. The molecule has 0 aromatic carbocycles. The molecule has 8 aromatic heterocycles. The van der Waals surface area contributed by atoms with Crippen molar-refractivity contribution in [2.45, 2.75) is 163 Å². The van der Waals surface area contributed by atoms with E-state index in [9.17, 15) is 0 Å². The number of hydrogen-bond donors (Lipinski definition) is 0. The van der Waals surface area contributed by atoms with Crippen molar-refractivity contribution in [2.24, 2.45) is 0 Å². The van der Waals surface area contributed by atoms with Crippen LogP contribution in [0.4, 0.5) is 0 Å². The Morgan fingerprint density at radius 2 is 0.817 bits per heavy atom. The first-order valence-corrected chi connectivity index (χ1v) is 21.3. The summed E-state index contributed by atoms with van der Waals surface area (Å²) in [5, 5.41) is 11.5.